The second-order valence-electron chi connectivity index (χ2n) is 9.21. The van der Waals surface area contributed by atoms with E-state index in [0.29, 0.717) is 34.4 Å². The molecule has 196 valence electrons. The highest BCUT2D eigenvalue weighted by molar-refractivity contribution is 7.84. The molecule has 13 heteroatoms. The molecule has 4 heterocycles. The first kappa shape index (κ1) is 26.1. The number of thiophene rings is 1. The molecule has 1 saturated carbocycles. The topological polar surface area (TPSA) is 146 Å². The predicted octanol–water partition coefficient (Wildman–Crippen LogP) is 3.59. The van der Waals surface area contributed by atoms with Gasteiger partial charge in [-0.2, -0.15) is 8.42 Å². The normalized spacial score (nSPS) is 21.5. The molecular weight excluding hydrogens is 538 g/mol. The van der Waals surface area contributed by atoms with Crippen LogP contribution in [0.1, 0.15) is 62.3 Å². The number of nitrogens with two attached hydrogens (primary N) is 1. The van der Waals surface area contributed by atoms with Crippen molar-refractivity contribution >= 4 is 44.8 Å². The van der Waals surface area contributed by atoms with Crippen molar-refractivity contribution in [2.45, 2.75) is 44.8 Å². The third-order valence-corrected chi connectivity index (χ3v) is 8.39. The third kappa shape index (κ3) is 6.00. The lowest BCUT2D eigenvalue weighted by Gasteiger charge is -2.25. The number of nitrogens with one attached hydrogen (secondary N) is 1. The standard InChI is InChI=1S/C24H26ClN5O5S2/c1-13-17(23-21-15(6-7-34-23)3-5-20(25)30-21)9-19(36-13)22(31)18-10-27-12-28-24(18)29-16-4-2-14(8-16)11-35-37(26,32)33/h3,5,9-10,12,14,16,23H,2,4,6-8,11H2,1H3,(H2,26,32,33)(H,27,28,29)/t14?,16-,23?/m0/s1. The van der Waals surface area contributed by atoms with E-state index in [4.69, 9.17) is 25.7 Å². The fraction of sp³-hybridized carbons (Fsp3) is 0.417. The summed E-state index contributed by atoms with van der Waals surface area (Å²) in [5, 5.41) is 8.68. The summed E-state index contributed by atoms with van der Waals surface area (Å²) in [6.45, 7) is 2.56. The summed E-state index contributed by atoms with van der Waals surface area (Å²) in [6.07, 6.45) is 5.50. The first-order chi connectivity index (χ1) is 17.7. The highest BCUT2D eigenvalue weighted by atomic mass is 35.5. The molecule has 3 aromatic rings. The van der Waals surface area contributed by atoms with Crippen molar-refractivity contribution < 1.29 is 22.1 Å². The van der Waals surface area contributed by atoms with Gasteiger partial charge in [0, 0.05) is 22.7 Å². The van der Waals surface area contributed by atoms with E-state index in [1.165, 1.54) is 23.9 Å². The van der Waals surface area contributed by atoms with Gasteiger partial charge in [0.1, 0.15) is 23.4 Å². The number of hydrogen-bond acceptors (Lipinski definition) is 10. The molecular formula is C24H26ClN5O5S2. The molecule has 0 radical (unpaired) electrons. The Balaban J connectivity index is 1.34. The zero-order valence-corrected chi connectivity index (χ0v) is 22.4. The Labute approximate surface area is 223 Å². The van der Waals surface area contributed by atoms with Gasteiger partial charge in [0.15, 0.2) is 0 Å². The van der Waals surface area contributed by atoms with E-state index in [1.807, 2.05) is 19.1 Å². The molecule has 0 bridgehead atoms. The van der Waals surface area contributed by atoms with E-state index in [2.05, 4.69) is 20.3 Å². The minimum Gasteiger partial charge on any atom is -0.367 e. The van der Waals surface area contributed by atoms with Gasteiger partial charge in [-0.1, -0.05) is 17.7 Å². The lowest BCUT2D eigenvalue weighted by atomic mass is 9.98. The van der Waals surface area contributed by atoms with Crippen LogP contribution in [0.4, 0.5) is 5.82 Å². The number of nitrogens with zero attached hydrogens (tertiary/aromatic N) is 3. The minimum atomic E-state index is -3.97. The SMILES string of the molecule is Cc1sc(C(=O)c2cncnc2N[C@H]2CCC(COS(N)(=O)=O)C2)cc1C1OCCc2ccc(Cl)nc21. The number of aromatic nitrogens is 3. The Bertz CT molecular complexity index is 1430. The predicted molar refractivity (Wildman–Crippen MR) is 139 cm³/mol. The molecule has 37 heavy (non-hydrogen) atoms. The fourth-order valence-corrected chi connectivity index (χ4v) is 6.41. The maximum absolute atomic E-state index is 13.6. The van der Waals surface area contributed by atoms with Crippen LogP contribution in [0.3, 0.4) is 0 Å². The molecule has 3 aromatic heterocycles. The first-order valence-corrected chi connectivity index (χ1v) is 14.5. The number of anilines is 1. The van der Waals surface area contributed by atoms with Crippen LogP contribution in [0.2, 0.25) is 5.15 Å². The number of ether oxygens (including phenoxy) is 1. The van der Waals surface area contributed by atoms with Gasteiger partial charge in [0.05, 0.1) is 29.3 Å². The molecule has 2 aliphatic rings. The van der Waals surface area contributed by atoms with Gasteiger partial charge in [-0.15, -0.1) is 11.3 Å². The second kappa shape index (κ2) is 10.7. The molecule has 10 nitrogen and oxygen atoms in total. The smallest absolute Gasteiger partial charge is 0.333 e. The van der Waals surface area contributed by atoms with Crippen LogP contribution in [0, 0.1) is 12.8 Å². The summed E-state index contributed by atoms with van der Waals surface area (Å²) in [4.78, 5) is 28.0. The van der Waals surface area contributed by atoms with Crippen molar-refractivity contribution in [2.75, 3.05) is 18.5 Å². The van der Waals surface area contributed by atoms with E-state index in [0.717, 1.165) is 41.0 Å². The van der Waals surface area contributed by atoms with E-state index in [9.17, 15) is 13.2 Å². The van der Waals surface area contributed by atoms with Gasteiger partial charge in [-0.05, 0) is 56.2 Å². The van der Waals surface area contributed by atoms with Crippen LogP contribution < -0.4 is 10.5 Å². The largest absolute Gasteiger partial charge is 0.367 e. The van der Waals surface area contributed by atoms with Crippen LogP contribution in [-0.2, 0) is 25.6 Å². The summed E-state index contributed by atoms with van der Waals surface area (Å²) in [5.74, 6) is 0.294. The Morgan fingerprint density at radius 2 is 2.19 bits per heavy atom. The molecule has 3 atom stereocenters. The van der Waals surface area contributed by atoms with Gasteiger partial charge < -0.3 is 10.1 Å². The van der Waals surface area contributed by atoms with Crippen molar-refractivity contribution in [1.29, 1.82) is 0 Å². The van der Waals surface area contributed by atoms with Crippen molar-refractivity contribution in [3.8, 4) is 0 Å². The summed E-state index contributed by atoms with van der Waals surface area (Å²) in [6, 6.07) is 5.63. The number of carbonyl (C=O) groups excluding carboxylic acids is 1. The van der Waals surface area contributed by atoms with E-state index in [-0.39, 0.29) is 30.5 Å². The molecule has 0 spiro atoms. The summed E-state index contributed by atoms with van der Waals surface area (Å²) in [5.41, 5.74) is 3.13. The number of aryl methyl sites for hydroxylation is 1. The third-order valence-electron chi connectivity index (χ3n) is 6.65. The maximum Gasteiger partial charge on any atom is 0.333 e. The number of halogens is 1. The molecule has 3 N–H and O–H groups in total. The summed E-state index contributed by atoms with van der Waals surface area (Å²) in [7, 11) is -3.97. The summed E-state index contributed by atoms with van der Waals surface area (Å²) < 4.78 is 33.0. The van der Waals surface area contributed by atoms with E-state index < -0.39 is 10.3 Å². The van der Waals surface area contributed by atoms with E-state index in [1.54, 1.807) is 6.07 Å². The molecule has 1 aliphatic carbocycles. The Morgan fingerprint density at radius 1 is 1.35 bits per heavy atom. The molecule has 0 aromatic carbocycles. The van der Waals surface area contributed by atoms with E-state index >= 15 is 0 Å². The Hall–Kier alpha value is -2.48. The quantitative estimate of drug-likeness (QED) is 0.310. The first-order valence-electron chi connectivity index (χ1n) is 11.8. The van der Waals surface area contributed by atoms with Crippen LogP contribution >= 0.6 is 22.9 Å². The van der Waals surface area contributed by atoms with Gasteiger partial charge in [0.25, 0.3) is 0 Å². The fourth-order valence-electron chi connectivity index (χ4n) is 4.87. The number of ketones is 1. The van der Waals surface area contributed by atoms with Crippen LogP contribution in [-0.4, -0.2) is 48.4 Å². The van der Waals surface area contributed by atoms with Crippen molar-refractivity contribution in [3.05, 3.63) is 68.0 Å². The summed E-state index contributed by atoms with van der Waals surface area (Å²) >= 11 is 7.55. The second-order valence-corrected chi connectivity index (χ2v) is 12.1. The van der Waals surface area contributed by atoms with Gasteiger partial charge in [0.2, 0.25) is 5.78 Å². The molecule has 5 rings (SSSR count). The highest BCUT2D eigenvalue weighted by Gasteiger charge is 2.30. The monoisotopic (exact) mass is 563 g/mol. The lowest BCUT2D eigenvalue weighted by Crippen LogP contribution is -2.22. The van der Waals surface area contributed by atoms with Crippen LogP contribution in [0.5, 0.6) is 0 Å². The average Bonchev–Trinajstić information content (AvgIpc) is 3.48. The number of hydrogen-bond donors (Lipinski definition) is 2. The number of fused-ring (bicyclic) bond motifs is 1. The zero-order chi connectivity index (χ0) is 26.2. The van der Waals surface area contributed by atoms with Crippen molar-refractivity contribution in [3.63, 3.8) is 0 Å². The average molecular weight is 564 g/mol. The molecule has 1 fully saturated rings. The van der Waals surface area contributed by atoms with Crippen molar-refractivity contribution in [1.82, 2.24) is 15.0 Å². The Kier molecular flexibility index (Phi) is 7.57. The van der Waals surface area contributed by atoms with Gasteiger partial charge in [-0.25, -0.2) is 20.1 Å². The number of rotatable bonds is 8. The lowest BCUT2D eigenvalue weighted by molar-refractivity contribution is 0.0663. The molecule has 0 amide bonds. The minimum absolute atomic E-state index is 0.0131. The zero-order valence-electron chi connectivity index (χ0n) is 20.0. The Morgan fingerprint density at radius 3 is 3.00 bits per heavy atom. The molecule has 2 unspecified atom stereocenters. The number of carbonyl (C=O) groups is 1. The van der Waals surface area contributed by atoms with Crippen molar-refractivity contribution in [2.24, 2.45) is 11.1 Å². The van der Waals surface area contributed by atoms with Crippen LogP contribution in [0.15, 0.2) is 30.7 Å². The number of pyridine rings is 1. The molecule has 1 aliphatic heterocycles. The maximum atomic E-state index is 13.6. The molecule has 0 saturated heterocycles. The van der Waals surface area contributed by atoms with Gasteiger partial charge >= 0.3 is 10.3 Å². The highest BCUT2D eigenvalue weighted by Crippen LogP contribution is 2.38. The van der Waals surface area contributed by atoms with Crippen LogP contribution in [0.25, 0.3) is 0 Å². The van der Waals surface area contributed by atoms with Gasteiger partial charge in [-0.3, -0.25) is 8.98 Å².